The van der Waals surface area contributed by atoms with Gasteiger partial charge in [0.05, 0.1) is 7.11 Å². The maximum atomic E-state index is 12.1. The molecule has 21 heavy (non-hydrogen) atoms. The molecule has 0 aromatic heterocycles. The highest BCUT2D eigenvalue weighted by molar-refractivity contribution is 6.12. The second kappa shape index (κ2) is 5.78. The molecule has 0 unspecified atom stereocenters. The highest BCUT2D eigenvalue weighted by atomic mass is 16.5. The predicted octanol–water partition coefficient (Wildman–Crippen LogP) is 0.849. The van der Waals surface area contributed by atoms with Crippen LogP contribution in [0, 0.1) is 6.92 Å². The zero-order valence-corrected chi connectivity index (χ0v) is 12.1. The maximum absolute atomic E-state index is 12.1. The molecule has 1 aliphatic heterocycles. The Hall–Kier alpha value is -2.63. The lowest BCUT2D eigenvalue weighted by molar-refractivity contribution is -0.147. The van der Waals surface area contributed by atoms with E-state index in [2.05, 4.69) is 5.32 Å². The number of methoxy groups -OCH3 is 1. The Morgan fingerprint density at radius 2 is 2.10 bits per heavy atom. The minimum absolute atomic E-state index is 0.0889. The zero-order valence-electron chi connectivity index (χ0n) is 12.1. The van der Waals surface area contributed by atoms with E-state index in [1.165, 1.54) is 6.92 Å². The van der Waals surface area contributed by atoms with Gasteiger partial charge in [-0.15, -0.1) is 0 Å². The molecule has 110 valence electrons. The van der Waals surface area contributed by atoms with Crippen molar-refractivity contribution in [2.75, 3.05) is 13.7 Å². The number of piperazine rings is 1. The highest BCUT2D eigenvalue weighted by Gasteiger charge is 2.30. The summed E-state index contributed by atoms with van der Waals surface area (Å²) in [5, 5.41) is 2.50. The first-order valence-electron chi connectivity index (χ1n) is 6.41. The Morgan fingerprint density at radius 1 is 1.38 bits per heavy atom. The molecule has 1 heterocycles. The van der Waals surface area contributed by atoms with Crippen LogP contribution in [0.3, 0.4) is 0 Å². The molecule has 3 amide bonds. The lowest BCUT2D eigenvalue weighted by Crippen LogP contribution is -2.51. The van der Waals surface area contributed by atoms with Crippen LogP contribution in [0.25, 0.3) is 6.08 Å². The molecular formula is C15H16N2O4. The molecule has 1 saturated heterocycles. The number of ether oxygens (including phenoxy) is 1. The zero-order chi connectivity index (χ0) is 15.6. The number of hydrogen-bond donors (Lipinski definition) is 1. The number of amides is 3. The molecule has 1 fully saturated rings. The Kier molecular flexibility index (Phi) is 4.07. The first kappa shape index (κ1) is 14.8. The summed E-state index contributed by atoms with van der Waals surface area (Å²) < 4.78 is 5.17. The number of hydrogen-bond acceptors (Lipinski definition) is 4. The van der Waals surface area contributed by atoms with Crippen LogP contribution in [0.2, 0.25) is 0 Å². The Bertz CT molecular complexity index is 649. The maximum Gasteiger partial charge on any atom is 0.277 e. The van der Waals surface area contributed by atoms with Crippen LogP contribution in [-0.2, 0) is 14.4 Å². The summed E-state index contributed by atoms with van der Waals surface area (Å²) in [6.07, 6.45) is 1.54. The third-order valence-electron chi connectivity index (χ3n) is 3.16. The van der Waals surface area contributed by atoms with Gasteiger partial charge in [-0.3, -0.25) is 19.3 Å². The van der Waals surface area contributed by atoms with Crippen LogP contribution < -0.4 is 10.1 Å². The van der Waals surface area contributed by atoms with Crippen molar-refractivity contribution < 1.29 is 19.1 Å². The third kappa shape index (κ3) is 3.10. The van der Waals surface area contributed by atoms with E-state index in [1.54, 1.807) is 25.3 Å². The monoisotopic (exact) mass is 288 g/mol. The van der Waals surface area contributed by atoms with Crippen molar-refractivity contribution in [3.8, 4) is 5.75 Å². The molecule has 1 aromatic carbocycles. The fourth-order valence-electron chi connectivity index (χ4n) is 2.11. The summed E-state index contributed by atoms with van der Waals surface area (Å²) >= 11 is 0. The molecule has 6 nitrogen and oxygen atoms in total. The minimum atomic E-state index is -0.504. The molecule has 0 atom stereocenters. The number of nitrogens with zero attached hydrogens (tertiary/aromatic N) is 1. The lowest BCUT2D eigenvalue weighted by atomic mass is 10.1. The molecule has 0 aliphatic carbocycles. The average molecular weight is 288 g/mol. The van der Waals surface area contributed by atoms with Crippen LogP contribution in [0.5, 0.6) is 5.75 Å². The number of nitrogens with one attached hydrogen (secondary N) is 1. The Labute approximate surface area is 122 Å². The van der Waals surface area contributed by atoms with Gasteiger partial charge in [-0.2, -0.15) is 0 Å². The van der Waals surface area contributed by atoms with Gasteiger partial charge in [0.1, 0.15) is 18.0 Å². The number of rotatable bonds is 2. The lowest BCUT2D eigenvalue weighted by Gasteiger charge is -2.25. The van der Waals surface area contributed by atoms with Crippen molar-refractivity contribution in [3.63, 3.8) is 0 Å². The number of aryl methyl sites for hydroxylation is 1. The quantitative estimate of drug-likeness (QED) is 0.819. The largest absolute Gasteiger partial charge is 0.496 e. The second-order valence-corrected chi connectivity index (χ2v) is 4.75. The molecule has 0 bridgehead atoms. The number of imide groups is 1. The smallest absolute Gasteiger partial charge is 0.277 e. The first-order chi connectivity index (χ1) is 9.92. The van der Waals surface area contributed by atoms with Crippen molar-refractivity contribution in [1.29, 1.82) is 0 Å². The van der Waals surface area contributed by atoms with Gasteiger partial charge in [-0.25, -0.2) is 0 Å². The van der Waals surface area contributed by atoms with Crippen molar-refractivity contribution in [1.82, 2.24) is 10.2 Å². The van der Waals surface area contributed by atoms with Crippen molar-refractivity contribution in [2.24, 2.45) is 0 Å². The average Bonchev–Trinajstić information content (AvgIpc) is 2.42. The Balaban J connectivity index is 2.34. The summed E-state index contributed by atoms with van der Waals surface area (Å²) in [6, 6.07) is 5.38. The molecule has 2 rings (SSSR count). The van der Waals surface area contributed by atoms with Gasteiger partial charge in [-0.1, -0.05) is 6.07 Å². The van der Waals surface area contributed by atoms with E-state index >= 15 is 0 Å². The topological polar surface area (TPSA) is 75.7 Å². The minimum Gasteiger partial charge on any atom is -0.496 e. The molecular weight excluding hydrogens is 272 g/mol. The molecule has 1 aliphatic rings. The van der Waals surface area contributed by atoms with Gasteiger partial charge in [0.15, 0.2) is 0 Å². The summed E-state index contributed by atoms with van der Waals surface area (Å²) in [7, 11) is 1.58. The first-order valence-corrected chi connectivity index (χ1v) is 6.41. The van der Waals surface area contributed by atoms with Crippen molar-refractivity contribution in [2.45, 2.75) is 13.8 Å². The van der Waals surface area contributed by atoms with Gasteiger partial charge < -0.3 is 10.1 Å². The number of carbonyl (C=O) groups excluding carboxylic acids is 3. The molecule has 6 heteroatoms. The SMILES string of the molecule is COc1ccc(/C=C2/NC(=O)CN(C(C)=O)C2=O)cc1C. The van der Waals surface area contributed by atoms with Gasteiger partial charge in [0.2, 0.25) is 11.8 Å². The number of benzene rings is 1. The van der Waals surface area contributed by atoms with E-state index in [4.69, 9.17) is 4.74 Å². The molecule has 0 saturated carbocycles. The van der Waals surface area contributed by atoms with E-state index in [9.17, 15) is 14.4 Å². The van der Waals surface area contributed by atoms with E-state index in [0.717, 1.165) is 21.8 Å². The van der Waals surface area contributed by atoms with Crippen LogP contribution in [-0.4, -0.2) is 36.3 Å². The van der Waals surface area contributed by atoms with Gasteiger partial charge in [-0.05, 0) is 36.3 Å². The van der Waals surface area contributed by atoms with Gasteiger partial charge in [0.25, 0.3) is 5.91 Å². The van der Waals surface area contributed by atoms with E-state index < -0.39 is 11.8 Å². The standard InChI is InChI=1S/C15H16N2O4/c1-9-6-11(4-5-13(9)21-3)7-12-15(20)17(10(2)18)8-14(19)16-12/h4-7H,8H2,1-3H3,(H,16,19)/b12-7+. The van der Waals surface area contributed by atoms with Crippen LogP contribution >= 0.6 is 0 Å². The molecule has 1 N–H and O–H groups in total. The van der Waals surface area contributed by atoms with Crippen LogP contribution in [0.1, 0.15) is 18.1 Å². The summed E-state index contributed by atoms with van der Waals surface area (Å²) in [5.74, 6) is -0.606. The van der Waals surface area contributed by atoms with E-state index in [-0.39, 0.29) is 18.1 Å². The summed E-state index contributed by atoms with van der Waals surface area (Å²) in [4.78, 5) is 36.0. The fraction of sp³-hybridized carbons (Fsp3) is 0.267. The highest BCUT2D eigenvalue weighted by Crippen LogP contribution is 2.20. The predicted molar refractivity (Wildman–Crippen MR) is 76.2 cm³/mol. The molecule has 0 radical (unpaired) electrons. The third-order valence-corrected chi connectivity index (χ3v) is 3.16. The Morgan fingerprint density at radius 3 is 2.67 bits per heavy atom. The summed E-state index contributed by atoms with van der Waals surface area (Å²) in [6.45, 7) is 2.89. The van der Waals surface area contributed by atoms with Crippen LogP contribution in [0.4, 0.5) is 0 Å². The normalized spacial score (nSPS) is 16.9. The molecule has 1 aromatic rings. The van der Waals surface area contributed by atoms with Gasteiger partial charge in [0, 0.05) is 6.92 Å². The van der Waals surface area contributed by atoms with Crippen LogP contribution in [0.15, 0.2) is 23.9 Å². The van der Waals surface area contributed by atoms with Gasteiger partial charge >= 0.3 is 0 Å². The fourth-order valence-corrected chi connectivity index (χ4v) is 2.11. The van der Waals surface area contributed by atoms with E-state index in [1.807, 2.05) is 13.0 Å². The number of carbonyl (C=O) groups is 3. The van der Waals surface area contributed by atoms with Crippen molar-refractivity contribution in [3.05, 3.63) is 35.0 Å². The van der Waals surface area contributed by atoms with E-state index in [0.29, 0.717) is 0 Å². The molecule has 0 spiro atoms. The van der Waals surface area contributed by atoms with Crippen molar-refractivity contribution >= 4 is 23.8 Å². The second-order valence-electron chi connectivity index (χ2n) is 4.75. The summed E-state index contributed by atoms with van der Waals surface area (Å²) in [5.41, 5.74) is 1.73.